The fraction of sp³-hybridized carbons (Fsp3) is 0.625. The molecule has 106 valence electrons. The number of nitrogens with zero attached hydrogens (tertiary/aromatic N) is 1. The lowest BCUT2D eigenvalue weighted by Crippen LogP contribution is -2.54. The Labute approximate surface area is 116 Å². The molecule has 1 aromatic rings. The third kappa shape index (κ3) is 4.22. The lowest BCUT2D eigenvalue weighted by Gasteiger charge is -2.38. The van der Waals surface area contributed by atoms with E-state index in [1.54, 1.807) is 0 Å². The van der Waals surface area contributed by atoms with Gasteiger partial charge in [-0.3, -0.25) is 4.90 Å². The molecule has 0 spiro atoms. The van der Waals surface area contributed by atoms with Crippen LogP contribution in [0.1, 0.15) is 32.3 Å². The zero-order valence-electron chi connectivity index (χ0n) is 12.3. The normalized spacial score (nSPS) is 16.6. The van der Waals surface area contributed by atoms with E-state index in [1.165, 1.54) is 5.56 Å². The Morgan fingerprint density at radius 3 is 2.79 bits per heavy atom. The molecule has 1 aromatic carbocycles. The SMILES string of the molecule is CCOCCN1CC(Oc2cccc(C(C)C)c2)C1. The highest BCUT2D eigenvalue weighted by molar-refractivity contribution is 5.30. The zero-order valence-corrected chi connectivity index (χ0v) is 12.3. The second kappa shape index (κ2) is 6.92. The second-order valence-corrected chi connectivity index (χ2v) is 5.42. The van der Waals surface area contributed by atoms with Crippen molar-refractivity contribution >= 4 is 0 Å². The molecule has 0 unspecified atom stereocenters. The molecule has 0 aliphatic carbocycles. The summed E-state index contributed by atoms with van der Waals surface area (Å²) in [6.45, 7) is 11.1. The van der Waals surface area contributed by atoms with Crippen molar-refractivity contribution in [3.63, 3.8) is 0 Å². The Morgan fingerprint density at radius 1 is 1.32 bits per heavy atom. The van der Waals surface area contributed by atoms with Crippen LogP contribution in [-0.2, 0) is 4.74 Å². The summed E-state index contributed by atoms with van der Waals surface area (Å²) in [7, 11) is 0. The average molecular weight is 263 g/mol. The van der Waals surface area contributed by atoms with E-state index in [9.17, 15) is 0 Å². The molecule has 3 heteroatoms. The Kier molecular flexibility index (Phi) is 5.23. The van der Waals surface area contributed by atoms with Gasteiger partial charge in [0, 0.05) is 26.2 Å². The molecular weight excluding hydrogens is 238 g/mol. The third-order valence-corrected chi connectivity index (χ3v) is 3.51. The summed E-state index contributed by atoms with van der Waals surface area (Å²) in [6.07, 6.45) is 0.337. The maximum atomic E-state index is 6.00. The number of hydrogen-bond acceptors (Lipinski definition) is 3. The molecule has 19 heavy (non-hydrogen) atoms. The van der Waals surface area contributed by atoms with Gasteiger partial charge < -0.3 is 9.47 Å². The molecule has 0 amide bonds. The van der Waals surface area contributed by atoms with Crippen LogP contribution in [0.3, 0.4) is 0 Å². The molecule has 0 N–H and O–H groups in total. The first-order valence-corrected chi connectivity index (χ1v) is 7.25. The number of benzene rings is 1. The van der Waals surface area contributed by atoms with Gasteiger partial charge in [-0.15, -0.1) is 0 Å². The molecule has 1 saturated heterocycles. The average Bonchev–Trinajstić information content (AvgIpc) is 2.36. The van der Waals surface area contributed by atoms with Gasteiger partial charge in [-0.2, -0.15) is 0 Å². The Balaban J connectivity index is 1.73. The highest BCUT2D eigenvalue weighted by Gasteiger charge is 2.27. The Bertz CT molecular complexity index is 386. The van der Waals surface area contributed by atoms with Crippen molar-refractivity contribution in [2.24, 2.45) is 0 Å². The molecule has 1 aliphatic rings. The van der Waals surface area contributed by atoms with Crippen molar-refractivity contribution in [3.05, 3.63) is 29.8 Å². The van der Waals surface area contributed by atoms with Crippen molar-refractivity contribution < 1.29 is 9.47 Å². The minimum Gasteiger partial charge on any atom is -0.488 e. The van der Waals surface area contributed by atoms with E-state index in [4.69, 9.17) is 9.47 Å². The third-order valence-electron chi connectivity index (χ3n) is 3.51. The molecule has 1 heterocycles. The second-order valence-electron chi connectivity index (χ2n) is 5.42. The topological polar surface area (TPSA) is 21.7 Å². The van der Waals surface area contributed by atoms with Crippen molar-refractivity contribution in [3.8, 4) is 5.75 Å². The van der Waals surface area contributed by atoms with E-state index in [0.29, 0.717) is 12.0 Å². The first-order valence-electron chi connectivity index (χ1n) is 7.25. The lowest BCUT2D eigenvalue weighted by molar-refractivity contribution is 0.00111. The van der Waals surface area contributed by atoms with Crippen LogP contribution in [0.15, 0.2) is 24.3 Å². The van der Waals surface area contributed by atoms with Crippen LogP contribution >= 0.6 is 0 Å². The lowest BCUT2D eigenvalue weighted by atomic mass is 10.0. The van der Waals surface area contributed by atoms with E-state index in [-0.39, 0.29) is 0 Å². The van der Waals surface area contributed by atoms with Crippen molar-refractivity contribution in [1.82, 2.24) is 4.90 Å². The molecule has 1 aliphatic heterocycles. The van der Waals surface area contributed by atoms with Crippen LogP contribution in [0.2, 0.25) is 0 Å². The summed E-state index contributed by atoms with van der Waals surface area (Å²) < 4.78 is 11.3. The molecule has 0 saturated carbocycles. The number of hydrogen-bond donors (Lipinski definition) is 0. The summed E-state index contributed by atoms with van der Waals surface area (Å²) in [6, 6.07) is 8.45. The highest BCUT2D eigenvalue weighted by Crippen LogP contribution is 2.23. The number of ether oxygens (including phenoxy) is 2. The molecular formula is C16H25NO2. The van der Waals surface area contributed by atoms with Crippen LogP contribution in [0.25, 0.3) is 0 Å². The van der Waals surface area contributed by atoms with Gasteiger partial charge >= 0.3 is 0 Å². The first kappa shape index (κ1) is 14.4. The minimum atomic E-state index is 0.337. The van der Waals surface area contributed by atoms with Gasteiger partial charge in [0.2, 0.25) is 0 Å². The maximum absolute atomic E-state index is 6.00. The summed E-state index contributed by atoms with van der Waals surface area (Å²) in [4.78, 5) is 2.37. The Hall–Kier alpha value is -1.06. The highest BCUT2D eigenvalue weighted by atomic mass is 16.5. The van der Waals surface area contributed by atoms with Gasteiger partial charge in [0.1, 0.15) is 11.9 Å². The van der Waals surface area contributed by atoms with E-state index in [1.807, 2.05) is 6.92 Å². The molecule has 2 rings (SSSR count). The van der Waals surface area contributed by atoms with Crippen LogP contribution < -0.4 is 4.74 Å². The van der Waals surface area contributed by atoms with E-state index < -0.39 is 0 Å². The predicted octanol–water partition coefficient (Wildman–Crippen LogP) is 2.91. The fourth-order valence-electron chi connectivity index (χ4n) is 2.26. The molecule has 0 radical (unpaired) electrons. The number of likely N-dealkylation sites (tertiary alicyclic amines) is 1. The fourth-order valence-corrected chi connectivity index (χ4v) is 2.26. The standard InChI is InChI=1S/C16H25NO2/c1-4-18-9-8-17-11-16(12-17)19-15-7-5-6-14(10-15)13(2)3/h5-7,10,13,16H,4,8-9,11-12H2,1-3H3. The molecule has 0 atom stereocenters. The van der Waals surface area contributed by atoms with Crippen molar-refractivity contribution in [2.45, 2.75) is 32.8 Å². The Morgan fingerprint density at radius 2 is 2.11 bits per heavy atom. The van der Waals surface area contributed by atoms with Crippen LogP contribution in [0.4, 0.5) is 0 Å². The monoisotopic (exact) mass is 263 g/mol. The van der Waals surface area contributed by atoms with Gasteiger partial charge in [-0.25, -0.2) is 0 Å². The summed E-state index contributed by atoms with van der Waals surface area (Å²) in [5, 5.41) is 0. The van der Waals surface area contributed by atoms with Gasteiger partial charge in [-0.05, 0) is 30.5 Å². The summed E-state index contributed by atoms with van der Waals surface area (Å²) in [5.74, 6) is 1.55. The van der Waals surface area contributed by atoms with Gasteiger partial charge in [0.05, 0.1) is 6.61 Å². The zero-order chi connectivity index (χ0) is 13.7. The first-order chi connectivity index (χ1) is 9.19. The molecule has 1 fully saturated rings. The minimum absolute atomic E-state index is 0.337. The van der Waals surface area contributed by atoms with Gasteiger partial charge in [0.15, 0.2) is 0 Å². The number of rotatable bonds is 7. The van der Waals surface area contributed by atoms with Crippen LogP contribution in [-0.4, -0.2) is 43.9 Å². The quantitative estimate of drug-likeness (QED) is 0.706. The molecule has 3 nitrogen and oxygen atoms in total. The van der Waals surface area contributed by atoms with Gasteiger partial charge in [0.25, 0.3) is 0 Å². The van der Waals surface area contributed by atoms with Gasteiger partial charge in [-0.1, -0.05) is 26.0 Å². The summed E-state index contributed by atoms with van der Waals surface area (Å²) >= 11 is 0. The summed E-state index contributed by atoms with van der Waals surface area (Å²) in [5.41, 5.74) is 1.34. The van der Waals surface area contributed by atoms with E-state index in [0.717, 1.165) is 38.6 Å². The molecule has 0 bridgehead atoms. The largest absolute Gasteiger partial charge is 0.488 e. The van der Waals surface area contributed by atoms with Crippen molar-refractivity contribution in [1.29, 1.82) is 0 Å². The predicted molar refractivity (Wildman–Crippen MR) is 77.9 cm³/mol. The van der Waals surface area contributed by atoms with Crippen LogP contribution in [0, 0.1) is 0 Å². The van der Waals surface area contributed by atoms with E-state index in [2.05, 4.69) is 43.0 Å². The smallest absolute Gasteiger partial charge is 0.124 e. The maximum Gasteiger partial charge on any atom is 0.124 e. The molecule has 0 aromatic heterocycles. The van der Waals surface area contributed by atoms with Crippen LogP contribution in [0.5, 0.6) is 5.75 Å². The van der Waals surface area contributed by atoms with E-state index >= 15 is 0 Å². The van der Waals surface area contributed by atoms with Crippen molar-refractivity contribution in [2.75, 3.05) is 32.8 Å².